The van der Waals surface area contributed by atoms with Crippen molar-refractivity contribution in [2.24, 2.45) is 5.73 Å². The molecule has 0 aliphatic rings. The first-order valence-corrected chi connectivity index (χ1v) is 4.68. The lowest BCUT2D eigenvalue weighted by Crippen LogP contribution is -2.33. The second-order valence-electron chi connectivity index (χ2n) is 3.51. The van der Waals surface area contributed by atoms with Gasteiger partial charge in [0, 0.05) is 5.39 Å². The Balaban J connectivity index is 2.35. The van der Waals surface area contributed by atoms with E-state index >= 15 is 0 Å². The van der Waals surface area contributed by atoms with Gasteiger partial charge in [-0.05, 0) is 11.6 Å². The SMILES string of the molecule is NC(=O)C(O)C(O)c1ccc2cn[nH]c2c1. The molecule has 0 saturated heterocycles. The molecule has 2 atom stereocenters. The Kier molecular flexibility index (Phi) is 2.59. The first-order chi connectivity index (χ1) is 7.59. The number of hydrogen-bond acceptors (Lipinski definition) is 4. The third kappa shape index (κ3) is 1.75. The average Bonchev–Trinajstić information content (AvgIpc) is 2.73. The highest BCUT2D eigenvalue weighted by Gasteiger charge is 2.23. The number of aromatic amines is 1. The highest BCUT2D eigenvalue weighted by molar-refractivity contribution is 5.81. The van der Waals surface area contributed by atoms with Crippen molar-refractivity contribution in [2.45, 2.75) is 12.2 Å². The van der Waals surface area contributed by atoms with Crippen LogP contribution in [0.1, 0.15) is 11.7 Å². The molecule has 0 aliphatic heterocycles. The summed E-state index contributed by atoms with van der Waals surface area (Å²) in [6.45, 7) is 0. The summed E-state index contributed by atoms with van der Waals surface area (Å²) in [4.78, 5) is 10.7. The molecule has 0 radical (unpaired) electrons. The zero-order chi connectivity index (χ0) is 11.7. The summed E-state index contributed by atoms with van der Waals surface area (Å²) < 4.78 is 0. The summed E-state index contributed by atoms with van der Waals surface area (Å²) in [5.74, 6) is -0.961. The van der Waals surface area contributed by atoms with Crippen molar-refractivity contribution in [3.05, 3.63) is 30.0 Å². The molecule has 5 N–H and O–H groups in total. The molecule has 1 aromatic heterocycles. The molecule has 84 valence electrons. The number of fused-ring (bicyclic) bond motifs is 1. The molecule has 0 spiro atoms. The third-order valence-electron chi connectivity index (χ3n) is 2.40. The predicted molar refractivity (Wildman–Crippen MR) is 56.3 cm³/mol. The molecule has 2 unspecified atom stereocenters. The molecule has 0 bridgehead atoms. The Morgan fingerprint density at radius 3 is 2.88 bits per heavy atom. The Labute approximate surface area is 90.7 Å². The fourth-order valence-corrected chi connectivity index (χ4v) is 1.48. The van der Waals surface area contributed by atoms with Crippen LogP contribution < -0.4 is 5.73 Å². The molecular weight excluding hydrogens is 210 g/mol. The maximum atomic E-state index is 10.7. The fraction of sp³-hybridized carbons (Fsp3) is 0.200. The number of carbonyl (C=O) groups is 1. The minimum absolute atomic E-state index is 0.406. The van der Waals surface area contributed by atoms with Gasteiger partial charge in [0.25, 0.3) is 0 Å². The molecule has 0 saturated carbocycles. The molecule has 16 heavy (non-hydrogen) atoms. The van der Waals surface area contributed by atoms with E-state index in [0.29, 0.717) is 11.1 Å². The maximum Gasteiger partial charge on any atom is 0.249 e. The molecule has 0 aliphatic carbocycles. The quantitative estimate of drug-likeness (QED) is 0.556. The minimum Gasteiger partial charge on any atom is -0.385 e. The van der Waals surface area contributed by atoms with Crippen LogP contribution in [-0.2, 0) is 4.79 Å². The van der Waals surface area contributed by atoms with Crippen molar-refractivity contribution >= 4 is 16.8 Å². The van der Waals surface area contributed by atoms with Gasteiger partial charge in [-0.15, -0.1) is 0 Å². The number of primary amides is 1. The van der Waals surface area contributed by atoms with Crippen LogP contribution in [0.15, 0.2) is 24.4 Å². The standard InChI is InChI=1S/C10H11N3O3/c11-10(16)9(15)8(14)5-1-2-6-4-12-13-7(6)3-5/h1-4,8-9,14-15H,(H2,11,16)(H,12,13). The lowest BCUT2D eigenvalue weighted by Gasteiger charge is -2.14. The van der Waals surface area contributed by atoms with Crippen LogP contribution in [0.5, 0.6) is 0 Å². The number of amides is 1. The third-order valence-corrected chi connectivity index (χ3v) is 2.40. The van der Waals surface area contributed by atoms with Crippen molar-refractivity contribution in [2.75, 3.05) is 0 Å². The summed E-state index contributed by atoms with van der Waals surface area (Å²) >= 11 is 0. The molecule has 6 nitrogen and oxygen atoms in total. The van der Waals surface area contributed by atoms with Crippen LogP contribution in [0.25, 0.3) is 10.9 Å². The largest absolute Gasteiger partial charge is 0.385 e. The molecule has 0 fully saturated rings. The van der Waals surface area contributed by atoms with E-state index in [4.69, 9.17) is 5.73 Å². The molecule has 1 heterocycles. The van der Waals surface area contributed by atoms with Crippen LogP contribution >= 0.6 is 0 Å². The second kappa shape index (κ2) is 3.92. The van der Waals surface area contributed by atoms with Crippen LogP contribution in [0, 0.1) is 0 Å². The number of nitrogens with zero attached hydrogens (tertiary/aromatic N) is 1. The number of aliphatic hydroxyl groups excluding tert-OH is 2. The van der Waals surface area contributed by atoms with Crippen molar-refractivity contribution < 1.29 is 15.0 Å². The van der Waals surface area contributed by atoms with Gasteiger partial charge in [-0.2, -0.15) is 5.10 Å². The highest BCUT2D eigenvalue weighted by atomic mass is 16.3. The smallest absolute Gasteiger partial charge is 0.249 e. The Hall–Kier alpha value is -1.92. The van der Waals surface area contributed by atoms with Gasteiger partial charge in [0.05, 0.1) is 11.7 Å². The second-order valence-corrected chi connectivity index (χ2v) is 3.51. The van der Waals surface area contributed by atoms with E-state index in [1.165, 1.54) is 0 Å². The molecule has 1 aromatic carbocycles. The van der Waals surface area contributed by atoms with Gasteiger partial charge in [-0.3, -0.25) is 9.89 Å². The van der Waals surface area contributed by atoms with Crippen LogP contribution in [-0.4, -0.2) is 32.4 Å². The zero-order valence-corrected chi connectivity index (χ0v) is 8.29. The number of aromatic nitrogens is 2. The van der Waals surface area contributed by atoms with E-state index in [0.717, 1.165) is 5.39 Å². The van der Waals surface area contributed by atoms with Gasteiger partial charge >= 0.3 is 0 Å². The summed E-state index contributed by atoms with van der Waals surface area (Å²) in [5, 5.41) is 26.4. The van der Waals surface area contributed by atoms with Crippen LogP contribution in [0.3, 0.4) is 0 Å². The van der Waals surface area contributed by atoms with Crippen molar-refractivity contribution in [3.63, 3.8) is 0 Å². The van der Waals surface area contributed by atoms with E-state index < -0.39 is 18.1 Å². The van der Waals surface area contributed by atoms with Gasteiger partial charge in [-0.1, -0.05) is 12.1 Å². The number of aliphatic hydroxyl groups is 2. The van der Waals surface area contributed by atoms with Crippen LogP contribution in [0.2, 0.25) is 0 Å². The van der Waals surface area contributed by atoms with E-state index in [1.54, 1.807) is 24.4 Å². The van der Waals surface area contributed by atoms with Gasteiger partial charge in [0.1, 0.15) is 6.10 Å². The minimum atomic E-state index is -1.61. The summed E-state index contributed by atoms with van der Waals surface area (Å²) in [7, 11) is 0. The monoisotopic (exact) mass is 221 g/mol. The Bertz CT molecular complexity index is 523. The molecule has 2 rings (SSSR count). The number of H-pyrrole nitrogens is 1. The Morgan fingerprint density at radius 1 is 1.44 bits per heavy atom. The Morgan fingerprint density at radius 2 is 2.19 bits per heavy atom. The van der Waals surface area contributed by atoms with E-state index in [-0.39, 0.29) is 0 Å². The fourth-order valence-electron chi connectivity index (χ4n) is 1.48. The predicted octanol–water partition coefficient (Wildman–Crippen LogP) is -0.558. The zero-order valence-electron chi connectivity index (χ0n) is 8.29. The topological polar surface area (TPSA) is 112 Å². The lowest BCUT2D eigenvalue weighted by molar-refractivity contribution is -0.131. The number of carbonyl (C=O) groups excluding carboxylic acids is 1. The van der Waals surface area contributed by atoms with E-state index in [2.05, 4.69) is 10.2 Å². The van der Waals surface area contributed by atoms with Crippen molar-refractivity contribution in [3.8, 4) is 0 Å². The number of nitrogens with one attached hydrogen (secondary N) is 1. The summed E-state index contributed by atoms with van der Waals surface area (Å²) in [6, 6.07) is 4.94. The molecular formula is C10H11N3O3. The normalized spacial score (nSPS) is 14.9. The molecule has 2 aromatic rings. The number of rotatable bonds is 3. The van der Waals surface area contributed by atoms with E-state index in [1.807, 2.05) is 0 Å². The average molecular weight is 221 g/mol. The summed E-state index contributed by atoms with van der Waals surface area (Å²) in [5.41, 5.74) is 6.02. The number of nitrogens with two attached hydrogens (primary N) is 1. The van der Waals surface area contributed by atoms with Gasteiger partial charge in [0.15, 0.2) is 6.10 Å². The summed E-state index contributed by atoms with van der Waals surface area (Å²) in [6.07, 6.45) is -1.30. The van der Waals surface area contributed by atoms with Crippen molar-refractivity contribution in [1.82, 2.24) is 10.2 Å². The van der Waals surface area contributed by atoms with Gasteiger partial charge < -0.3 is 15.9 Å². The van der Waals surface area contributed by atoms with Crippen molar-refractivity contribution in [1.29, 1.82) is 0 Å². The van der Waals surface area contributed by atoms with Gasteiger partial charge in [-0.25, -0.2) is 0 Å². The first-order valence-electron chi connectivity index (χ1n) is 4.68. The van der Waals surface area contributed by atoms with Gasteiger partial charge in [0.2, 0.25) is 5.91 Å². The van der Waals surface area contributed by atoms with Crippen LogP contribution in [0.4, 0.5) is 0 Å². The highest BCUT2D eigenvalue weighted by Crippen LogP contribution is 2.21. The van der Waals surface area contributed by atoms with E-state index in [9.17, 15) is 15.0 Å². The maximum absolute atomic E-state index is 10.7. The first kappa shape index (κ1) is 10.6. The molecule has 6 heteroatoms. The molecule has 1 amide bonds. The lowest BCUT2D eigenvalue weighted by atomic mass is 10.0. The number of hydrogen-bond donors (Lipinski definition) is 4. The number of benzene rings is 1.